The van der Waals surface area contributed by atoms with Gasteiger partial charge < -0.3 is 26.5 Å². The van der Waals surface area contributed by atoms with Crippen LogP contribution in [0.2, 0.25) is 0 Å². The molecule has 54 heavy (non-hydrogen) atoms. The number of imide groups is 1. The molecule has 0 saturated carbocycles. The van der Waals surface area contributed by atoms with Gasteiger partial charge in [0, 0.05) is 29.5 Å². The lowest BCUT2D eigenvalue weighted by Crippen LogP contribution is -2.72. The molecule has 0 radical (unpaired) electrons. The Morgan fingerprint density at radius 1 is 1.02 bits per heavy atom. The normalized spacial score (nSPS) is 22.6. The van der Waals surface area contributed by atoms with E-state index in [9.17, 15) is 33.9 Å². The van der Waals surface area contributed by atoms with Crippen LogP contribution in [0.25, 0.3) is 11.3 Å². The van der Waals surface area contributed by atoms with Gasteiger partial charge in [0.2, 0.25) is 17.7 Å². The van der Waals surface area contributed by atoms with Crippen molar-refractivity contribution in [3.05, 3.63) is 99.5 Å². The summed E-state index contributed by atoms with van der Waals surface area (Å²) < 4.78 is 0.0598. The number of carboxylic acids is 1. The third-order valence-electron chi connectivity index (χ3n) is 9.44. The number of nitrogens with one attached hydrogen (secondary N) is 1. The number of anilines is 1. The molecule has 6 N–H and O–H groups in total. The van der Waals surface area contributed by atoms with Crippen LogP contribution in [0.1, 0.15) is 37.9 Å². The molecular weight excluding hydrogens is 753 g/mol. The van der Waals surface area contributed by atoms with Gasteiger partial charge in [0.05, 0.1) is 23.3 Å². The topological polar surface area (TPSA) is 216 Å². The molecule has 4 aliphatic heterocycles. The number of hydrazone groups is 1. The van der Waals surface area contributed by atoms with Crippen LogP contribution in [0.4, 0.5) is 5.69 Å². The summed E-state index contributed by atoms with van der Waals surface area (Å²) in [5.41, 5.74) is 14.2. The van der Waals surface area contributed by atoms with Crippen LogP contribution in [-0.2, 0) is 30.5 Å². The summed E-state index contributed by atoms with van der Waals surface area (Å²) in [6.45, 7) is 4.36. The average molecular weight is 789 g/mol. The van der Waals surface area contributed by atoms with Gasteiger partial charge in [0.25, 0.3) is 11.5 Å². The van der Waals surface area contributed by atoms with Crippen LogP contribution in [0.5, 0.6) is 0 Å². The van der Waals surface area contributed by atoms with Gasteiger partial charge >= 0.3 is 5.97 Å². The average Bonchev–Trinajstić information content (AvgIpc) is 3.44. The summed E-state index contributed by atoms with van der Waals surface area (Å²) in [6, 6.07) is 15.1. The number of nitrogens with zero attached hydrogens (tertiary/aromatic N) is 5. The van der Waals surface area contributed by atoms with Gasteiger partial charge in [-0.1, -0.05) is 66.0 Å². The lowest BCUT2D eigenvalue weighted by Gasteiger charge is -2.54. The number of rotatable bonds is 10. The molecule has 5 heterocycles. The molecule has 0 bridgehead atoms. The summed E-state index contributed by atoms with van der Waals surface area (Å²) in [6.07, 6.45) is 0. The number of carbonyl (C=O) groups is 5. The van der Waals surface area contributed by atoms with E-state index in [2.05, 4.69) is 10.1 Å². The van der Waals surface area contributed by atoms with E-state index in [4.69, 9.17) is 11.5 Å². The van der Waals surface area contributed by atoms with Crippen LogP contribution in [0.3, 0.4) is 0 Å². The molecular formula is C36H36N8O7S3. The van der Waals surface area contributed by atoms with Crippen molar-refractivity contribution in [2.75, 3.05) is 10.7 Å². The molecule has 15 nitrogen and oxygen atoms in total. The number of H-pyrrole nitrogens is 1. The van der Waals surface area contributed by atoms with E-state index in [0.29, 0.717) is 33.8 Å². The number of aromatic nitrogens is 1. The molecule has 2 saturated heterocycles. The zero-order valence-electron chi connectivity index (χ0n) is 29.2. The summed E-state index contributed by atoms with van der Waals surface area (Å²) in [7, 11) is 0. The smallest absolute Gasteiger partial charge is 0.352 e. The highest BCUT2D eigenvalue weighted by atomic mass is 32.2. The summed E-state index contributed by atoms with van der Waals surface area (Å²) in [5.74, 6) is -3.17. The van der Waals surface area contributed by atoms with Gasteiger partial charge in [-0.3, -0.25) is 33.9 Å². The number of carboxylic acid groups (broad SMARTS) is 1. The second kappa shape index (κ2) is 14.7. The van der Waals surface area contributed by atoms with E-state index in [1.165, 1.54) is 35.4 Å². The minimum atomic E-state index is -1.24. The van der Waals surface area contributed by atoms with Gasteiger partial charge in [-0.25, -0.2) is 9.69 Å². The van der Waals surface area contributed by atoms with Crippen molar-refractivity contribution in [3.8, 4) is 11.3 Å². The Morgan fingerprint density at radius 3 is 2.33 bits per heavy atom. The highest BCUT2D eigenvalue weighted by molar-refractivity contribution is 8.26. The van der Waals surface area contributed by atoms with Gasteiger partial charge in [-0.05, 0) is 49.2 Å². The van der Waals surface area contributed by atoms with Crippen molar-refractivity contribution in [1.82, 2.24) is 19.8 Å². The molecule has 3 aromatic rings. The number of aliphatic carboxylic acids is 1. The van der Waals surface area contributed by atoms with Crippen molar-refractivity contribution in [2.24, 2.45) is 16.6 Å². The minimum absolute atomic E-state index is 0.0598. The maximum absolute atomic E-state index is 14.2. The maximum atomic E-state index is 14.2. The number of hydrogen-bond donors (Lipinski definition) is 4. The number of aromatic amines is 1. The number of benzene rings is 2. The molecule has 4 unspecified atom stereocenters. The highest BCUT2D eigenvalue weighted by Gasteiger charge is 2.59. The summed E-state index contributed by atoms with van der Waals surface area (Å²) >= 11 is 4.52. The second-order valence-electron chi connectivity index (χ2n) is 13.1. The lowest BCUT2D eigenvalue weighted by atomic mass is 9.98. The molecule has 0 spiro atoms. The number of β-lactam (4-membered cyclic amide) rings is 1. The Labute approximate surface area is 322 Å². The number of amides is 4. The first-order chi connectivity index (χ1) is 25.8. The third kappa shape index (κ3) is 6.61. The number of nitrogens with two attached hydrogens (primary N) is 2. The number of fused-ring (bicyclic) bond motifs is 2. The molecule has 2 aromatic carbocycles. The summed E-state index contributed by atoms with van der Waals surface area (Å²) in [5, 5.41) is 16.6. The summed E-state index contributed by atoms with van der Waals surface area (Å²) in [4.78, 5) is 85.7. The maximum Gasteiger partial charge on any atom is 0.352 e. The monoisotopic (exact) mass is 788 g/mol. The number of carbonyl (C=O) groups excluding carboxylic acids is 4. The van der Waals surface area contributed by atoms with E-state index < -0.39 is 58.7 Å². The van der Waals surface area contributed by atoms with Crippen molar-refractivity contribution >= 4 is 75.6 Å². The molecule has 18 heteroatoms. The van der Waals surface area contributed by atoms with Gasteiger partial charge in [-0.15, -0.1) is 11.8 Å². The second-order valence-corrected chi connectivity index (χ2v) is 16.9. The SMILES string of the molecule is CC(=O)N(C(=O)[C@H](C)N)c1ccc(-c2ccc(CN(C(=O)C(N)c3ccccc3)C3C(=O)N4C(C(=O)O)=C(C5SC6SC(C)=NN65)CS[C@@H]34)c(=O)[nH]2)cc1. The van der Waals surface area contributed by atoms with Crippen molar-refractivity contribution in [1.29, 1.82) is 0 Å². The predicted molar refractivity (Wildman–Crippen MR) is 207 cm³/mol. The van der Waals surface area contributed by atoms with E-state index >= 15 is 0 Å². The first kappa shape index (κ1) is 37.4. The lowest BCUT2D eigenvalue weighted by molar-refractivity contribution is -0.161. The zero-order valence-corrected chi connectivity index (χ0v) is 31.7. The van der Waals surface area contributed by atoms with Crippen LogP contribution in [-0.4, -0.2) is 92.8 Å². The van der Waals surface area contributed by atoms with Crippen LogP contribution >= 0.6 is 35.3 Å². The Kier molecular flexibility index (Phi) is 10.2. The molecule has 2 fully saturated rings. The van der Waals surface area contributed by atoms with Gasteiger partial charge in [0.1, 0.15) is 33.2 Å². The van der Waals surface area contributed by atoms with Crippen LogP contribution in [0, 0.1) is 0 Å². The fourth-order valence-corrected chi connectivity index (χ4v) is 11.0. The molecule has 4 aliphatic rings. The van der Waals surface area contributed by atoms with Gasteiger partial charge in [0.15, 0.2) is 0 Å². The zero-order chi connectivity index (χ0) is 38.6. The molecule has 7 rings (SSSR count). The molecule has 1 aromatic heterocycles. The first-order valence-corrected chi connectivity index (χ1v) is 19.7. The van der Waals surface area contributed by atoms with Crippen molar-refractivity contribution < 1.29 is 29.1 Å². The molecule has 4 amide bonds. The fraction of sp³-hybridized carbons (Fsp3) is 0.306. The Hall–Kier alpha value is -4.88. The number of hydrogen-bond acceptors (Lipinski definition) is 13. The van der Waals surface area contributed by atoms with E-state index in [0.717, 1.165) is 9.94 Å². The molecule has 0 aliphatic carbocycles. The third-order valence-corrected chi connectivity index (χ3v) is 13.4. The van der Waals surface area contributed by atoms with E-state index in [1.54, 1.807) is 90.3 Å². The van der Waals surface area contributed by atoms with Crippen LogP contribution < -0.4 is 21.9 Å². The predicted octanol–water partition coefficient (Wildman–Crippen LogP) is 2.66. The van der Waals surface area contributed by atoms with Crippen molar-refractivity contribution in [3.63, 3.8) is 0 Å². The largest absolute Gasteiger partial charge is 0.477 e. The molecule has 6 atom stereocenters. The van der Waals surface area contributed by atoms with E-state index in [-0.39, 0.29) is 27.9 Å². The Balaban J connectivity index is 1.17. The Morgan fingerprint density at radius 2 is 1.72 bits per heavy atom. The fourth-order valence-electron chi connectivity index (χ4n) is 6.74. The van der Waals surface area contributed by atoms with E-state index in [1.807, 2.05) is 11.9 Å². The minimum Gasteiger partial charge on any atom is -0.477 e. The number of thioether (sulfide) groups is 3. The first-order valence-electron chi connectivity index (χ1n) is 16.9. The molecule has 280 valence electrons. The highest BCUT2D eigenvalue weighted by Crippen LogP contribution is 2.54. The standard InChI is InChI=1S/C36H36N8O7S3/c1-17(37)30(47)42(19(3)45)23-12-9-20(10-13-23)25-14-11-22(29(46)39-25)15-41(31(48)26(38)21-7-5-4-6-8-21)28-32(49)43-27(35(50)51)24(16-52-34(28)43)33-44-36(54-33)53-18(2)40-44/h4-14,17,26,28,33-34,36H,15-16,37-38H2,1-3H3,(H,39,46)(H,50,51)/t17-,26?,28?,33?,34-,36?/m0/s1. The Bertz CT molecular complexity index is 2180. The van der Waals surface area contributed by atoms with Gasteiger partial charge in [-0.2, -0.15) is 5.10 Å². The number of pyridine rings is 1. The van der Waals surface area contributed by atoms with Crippen molar-refractivity contribution in [2.45, 2.75) is 60.9 Å². The quantitative estimate of drug-likeness (QED) is 0.218. The van der Waals surface area contributed by atoms with Crippen LogP contribution in [0.15, 0.2) is 87.9 Å².